The molecule has 1 heterocycles. The fourth-order valence-electron chi connectivity index (χ4n) is 2.40. The second-order valence-electron chi connectivity index (χ2n) is 5.60. The summed E-state index contributed by atoms with van der Waals surface area (Å²) >= 11 is 0. The van der Waals surface area contributed by atoms with Gasteiger partial charge in [0.1, 0.15) is 11.6 Å². The summed E-state index contributed by atoms with van der Waals surface area (Å²) in [7, 11) is 0. The minimum Gasteiger partial charge on any atom is -0.454 e. The standard InChI is InChI=1S/C19H16N4O4/c20-8-13(10-23-19(25)14-3-1-2-4-15(14)21)18(24)22-9-12-5-6-16-17(7-12)27-11-26-16/h1-7,10H,9,11,21H2,(H,22,24)(H,23,25)/b13-10-. The van der Waals surface area contributed by atoms with Crippen LogP contribution in [0.3, 0.4) is 0 Å². The molecule has 2 amide bonds. The SMILES string of the molecule is N#C/C(=C/NC(=O)c1ccccc1N)C(=O)NCc1ccc2c(c1)OCO2. The molecule has 0 saturated heterocycles. The highest BCUT2D eigenvalue weighted by molar-refractivity contribution is 6.01. The fraction of sp³-hybridized carbons (Fsp3) is 0.105. The minimum absolute atomic E-state index is 0.165. The number of nitrogen functional groups attached to an aromatic ring is 1. The number of ether oxygens (including phenoxy) is 2. The van der Waals surface area contributed by atoms with Gasteiger partial charge in [0.15, 0.2) is 11.5 Å². The predicted molar refractivity (Wildman–Crippen MR) is 96.4 cm³/mol. The van der Waals surface area contributed by atoms with E-state index in [1.807, 2.05) is 0 Å². The summed E-state index contributed by atoms with van der Waals surface area (Å²) in [5, 5.41) is 14.2. The summed E-state index contributed by atoms with van der Waals surface area (Å²) in [5.41, 5.74) is 6.83. The maximum atomic E-state index is 12.2. The molecule has 2 aromatic carbocycles. The van der Waals surface area contributed by atoms with E-state index in [1.165, 1.54) is 0 Å². The summed E-state index contributed by atoms with van der Waals surface area (Å²) in [6.45, 7) is 0.353. The van der Waals surface area contributed by atoms with Crippen LogP contribution in [0.15, 0.2) is 54.2 Å². The smallest absolute Gasteiger partial charge is 0.263 e. The van der Waals surface area contributed by atoms with Crippen molar-refractivity contribution in [3.05, 3.63) is 65.4 Å². The normalized spacial score (nSPS) is 12.2. The molecular weight excluding hydrogens is 348 g/mol. The molecule has 0 atom stereocenters. The Bertz CT molecular complexity index is 962. The first-order valence-electron chi connectivity index (χ1n) is 8.01. The molecule has 0 aromatic heterocycles. The first-order valence-corrected chi connectivity index (χ1v) is 8.01. The van der Waals surface area contributed by atoms with Crippen LogP contribution in [0, 0.1) is 11.3 Å². The molecule has 1 aliphatic rings. The van der Waals surface area contributed by atoms with E-state index in [1.54, 1.807) is 48.5 Å². The monoisotopic (exact) mass is 364 g/mol. The summed E-state index contributed by atoms with van der Waals surface area (Å²) < 4.78 is 10.5. The molecule has 8 nitrogen and oxygen atoms in total. The number of benzene rings is 2. The number of nitriles is 1. The quantitative estimate of drug-likeness (QED) is 0.419. The highest BCUT2D eigenvalue weighted by Gasteiger charge is 2.15. The molecule has 0 radical (unpaired) electrons. The summed E-state index contributed by atoms with van der Waals surface area (Å²) in [4.78, 5) is 24.3. The Morgan fingerprint density at radius 3 is 2.74 bits per heavy atom. The van der Waals surface area contributed by atoms with Gasteiger partial charge < -0.3 is 25.8 Å². The van der Waals surface area contributed by atoms with Crippen molar-refractivity contribution in [2.75, 3.05) is 12.5 Å². The van der Waals surface area contributed by atoms with Gasteiger partial charge in [0.25, 0.3) is 11.8 Å². The second kappa shape index (κ2) is 7.93. The first kappa shape index (κ1) is 17.8. The van der Waals surface area contributed by atoms with Crippen LogP contribution in [0.1, 0.15) is 15.9 Å². The summed E-state index contributed by atoms with van der Waals surface area (Å²) in [6.07, 6.45) is 1.06. The van der Waals surface area contributed by atoms with E-state index in [-0.39, 0.29) is 24.5 Å². The van der Waals surface area contributed by atoms with Gasteiger partial charge in [-0.2, -0.15) is 5.26 Å². The zero-order valence-electron chi connectivity index (χ0n) is 14.2. The van der Waals surface area contributed by atoms with Crippen LogP contribution in [0.5, 0.6) is 11.5 Å². The molecule has 0 aliphatic carbocycles. The molecule has 2 aromatic rings. The number of para-hydroxylation sites is 1. The van der Waals surface area contributed by atoms with Crippen LogP contribution < -0.4 is 25.8 Å². The van der Waals surface area contributed by atoms with Gasteiger partial charge in [-0.1, -0.05) is 18.2 Å². The molecule has 3 rings (SSSR count). The number of hydrogen-bond acceptors (Lipinski definition) is 6. The number of fused-ring (bicyclic) bond motifs is 1. The van der Waals surface area contributed by atoms with Gasteiger partial charge in [0.05, 0.1) is 5.56 Å². The van der Waals surface area contributed by atoms with Gasteiger partial charge in [0, 0.05) is 18.4 Å². The topological polar surface area (TPSA) is 126 Å². The highest BCUT2D eigenvalue weighted by Crippen LogP contribution is 2.32. The van der Waals surface area contributed by atoms with Crippen LogP contribution in [-0.4, -0.2) is 18.6 Å². The van der Waals surface area contributed by atoms with Gasteiger partial charge in [-0.25, -0.2) is 0 Å². The van der Waals surface area contributed by atoms with E-state index in [4.69, 9.17) is 20.5 Å². The first-order chi connectivity index (χ1) is 13.1. The molecular formula is C19H16N4O4. The van der Waals surface area contributed by atoms with Crippen molar-refractivity contribution in [3.8, 4) is 17.6 Å². The average molecular weight is 364 g/mol. The van der Waals surface area contributed by atoms with E-state index in [2.05, 4.69) is 10.6 Å². The third-order valence-electron chi connectivity index (χ3n) is 3.81. The van der Waals surface area contributed by atoms with E-state index in [0.29, 0.717) is 17.2 Å². The van der Waals surface area contributed by atoms with Crippen molar-refractivity contribution in [1.29, 1.82) is 5.26 Å². The third kappa shape index (κ3) is 4.16. The number of nitrogens with two attached hydrogens (primary N) is 1. The Morgan fingerprint density at radius 2 is 1.96 bits per heavy atom. The van der Waals surface area contributed by atoms with Gasteiger partial charge in [-0.05, 0) is 29.8 Å². The van der Waals surface area contributed by atoms with Gasteiger partial charge in [-0.3, -0.25) is 9.59 Å². The molecule has 8 heteroatoms. The lowest BCUT2D eigenvalue weighted by Crippen LogP contribution is -2.26. The second-order valence-corrected chi connectivity index (χ2v) is 5.60. The van der Waals surface area contributed by atoms with Crippen molar-refractivity contribution < 1.29 is 19.1 Å². The average Bonchev–Trinajstić information content (AvgIpc) is 3.14. The maximum absolute atomic E-state index is 12.2. The van der Waals surface area contributed by atoms with E-state index in [9.17, 15) is 9.59 Å². The van der Waals surface area contributed by atoms with Gasteiger partial charge >= 0.3 is 0 Å². The van der Waals surface area contributed by atoms with Crippen molar-refractivity contribution in [2.24, 2.45) is 0 Å². The molecule has 0 unspecified atom stereocenters. The Labute approximate surface area is 155 Å². The molecule has 1 aliphatic heterocycles. The lowest BCUT2D eigenvalue weighted by molar-refractivity contribution is -0.117. The van der Waals surface area contributed by atoms with Crippen LogP contribution in [0.2, 0.25) is 0 Å². The van der Waals surface area contributed by atoms with E-state index >= 15 is 0 Å². The van der Waals surface area contributed by atoms with Gasteiger partial charge in [0.2, 0.25) is 6.79 Å². The van der Waals surface area contributed by atoms with Crippen LogP contribution in [0.4, 0.5) is 5.69 Å². The van der Waals surface area contributed by atoms with Crippen molar-refractivity contribution in [1.82, 2.24) is 10.6 Å². The number of rotatable bonds is 5. The largest absolute Gasteiger partial charge is 0.454 e. The Morgan fingerprint density at radius 1 is 1.19 bits per heavy atom. The number of carbonyl (C=O) groups is 2. The molecule has 0 spiro atoms. The number of anilines is 1. The van der Waals surface area contributed by atoms with Crippen molar-refractivity contribution in [2.45, 2.75) is 6.54 Å². The fourth-order valence-corrected chi connectivity index (χ4v) is 2.40. The molecule has 0 fully saturated rings. The Kier molecular flexibility index (Phi) is 5.23. The summed E-state index contributed by atoms with van der Waals surface area (Å²) in [5.74, 6) is 0.122. The minimum atomic E-state index is -0.614. The Hall–Kier alpha value is -3.99. The lowest BCUT2D eigenvalue weighted by atomic mass is 10.1. The lowest BCUT2D eigenvalue weighted by Gasteiger charge is -2.07. The molecule has 0 saturated carbocycles. The molecule has 0 bridgehead atoms. The number of hydrogen-bond donors (Lipinski definition) is 3. The van der Waals surface area contributed by atoms with Gasteiger partial charge in [-0.15, -0.1) is 0 Å². The zero-order chi connectivity index (χ0) is 19.2. The molecule has 4 N–H and O–H groups in total. The Balaban J connectivity index is 1.60. The predicted octanol–water partition coefficient (Wildman–Crippen LogP) is 1.45. The highest BCUT2D eigenvalue weighted by atomic mass is 16.7. The number of nitrogens with zero attached hydrogens (tertiary/aromatic N) is 1. The van der Waals surface area contributed by atoms with Crippen molar-refractivity contribution >= 4 is 17.5 Å². The number of nitrogens with one attached hydrogen (secondary N) is 2. The van der Waals surface area contributed by atoms with E-state index < -0.39 is 11.8 Å². The molecule has 27 heavy (non-hydrogen) atoms. The summed E-state index contributed by atoms with van der Waals surface area (Å²) in [6, 6.07) is 13.5. The third-order valence-corrected chi connectivity index (χ3v) is 3.81. The van der Waals surface area contributed by atoms with Crippen LogP contribution >= 0.6 is 0 Å². The maximum Gasteiger partial charge on any atom is 0.263 e. The number of amides is 2. The molecule has 136 valence electrons. The zero-order valence-corrected chi connectivity index (χ0v) is 14.2. The number of carbonyl (C=O) groups excluding carboxylic acids is 2. The van der Waals surface area contributed by atoms with Crippen molar-refractivity contribution in [3.63, 3.8) is 0 Å². The van der Waals surface area contributed by atoms with E-state index in [0.717, 1.165) is 11.8 Å². The van der Waals surface area contributed by atoms with Crippen LogP contribution in [0.25, 0.3) is 0 Å². The van der Waals surface area contributed by atoms with Crippen LogP contribution in [-0.2, 0) is 11.3 Å².